The SMILES string of the molecule is COc1cccc(C(=O)Oc2ccccc2C(C)=NNC(=O)C(=O)Nc2c(C)n(C)n(-c3ccccc3)c2=O)c1. The molecule has 0 unspecified atom stereocenters. The Hall–Kier alpha value is -5.45. The van der Waals surface area contributed by atoms with Gasteiger partial charge in [0.05, 0.1) is 29.8 Å². The van der Waals surface area contributed by atoms with Crippen molar-refractivity contribution >= 4 is 29.2 Å². The van der Waals surface area contributed by atoms with Crippen LogP contribution in [0.15, 0.2) is 88.8 Å². The van der Waals surface area contributed by atoms with Gasteiger partial charge in [-0.1, -0.05) is 36.4 Å². The quantitative estimate of drug-likeness (QED) is 0.121. The standard InChI is InChI=1S/C29H27N5O6/c1-18(23-15-8-9-16-24(23)40-29(38)20-11-10-14-22(17-20)39-4)31-32-27(36)26(35)30-25-19(2)33(3)34(28(25)37)21-12-6-5-7-13-21/h5-17H,1-4H3,(H,30,35)(H,32,36). The molecule has 1 heterocycles. The van der Waals surface area contributed by atoms with Crippen LogP contribution in [-0.4, -0.2) is 40.0 Å². The second-order valence-corrected chi connectivity index (χ2v) is 8.65. The minimum Gasteiger partial charge on any atom is -0.497 e. The molecule has 4 rings (SSSR count). The molecule has 40 heavy (non-hydrogen) atoms. The molecule has 0 bridgehead atoms. The Morgan fingerprint density at radius 1 is 0.900 bits per heavy atom. The second-order valence-electron chi connectivity index (χ2n) is 8.65. The number of esters is 1. The van der Waals surface area contributed by atoms with Gasteiger partial charge in [-0.3, -0.25) is 19.1 Å². The molecule has 11 nitrogen and oxygen atoms in total. The molecule has 204 valence electrons. The van der Waals surface area contributed by atoms with Gasteiger partial charge in [-0.05, 0) is 56.3 Å². The summed E-state index contributed by atoms with van der Waals surface area (Å²) in [6.45, 7) is 3.23. The van der Waals surface area contributed by atoms with Crippen molar-refractivity contribution in [2.24, 2.45) is 12.1 Å². The first-order chi connectivity index (χ1) is 19.2. The van der Waals surface area contributed by atoms with Crippen LogP contribution in [0.1, 0.15) is 28.5 Å². The molecule has 0 saturated carbocycles. The van der Waals surface area contributed by atoms with Gasteiger partial charge < -0.3 is 14.8 Å². The monoisotopic (exact) mass is 541 g/mol. The largest absolute Gasteiger partial charge is 0.497 e. The third kappa shape index (κ3) is 5.83. The fraction of sp³-hybridized carbons (Fsp3) is 0.138. The molecule has 4 aromatic rings. The Bertz CT molecular complexity index is 1670. The van der Waals surface area contributed by atoms with Crippen LogP contribution in [0.2, 0.25) is 0 Å². The number of nitrogens with zero attached hydrogens (tertiary/aromatic N) is 3. The lowest BCUT2D eigenvalue weighted by Crippen LogP contribution is -2.34. The summed E-state index contributed by atoms with van der Waals surface area (Å²) < 4.78 is 13.7. The van der Waals surface area contributed by atoms with Crippen molar-refractivity contribution in [1.82, 2.24) is 14.8 Å². The number of amides is 2. The van der Waals surface area contributed by atoms with Crippen LogP contribution in [0.25, 0.3) is 5.69 Å². The topological polar surface area (TPSA) is 133 Å². The highest BCUT2D eigenvalue weighted by atomic mass is 16.5. The Labute approximate surface area is 229 Å². The van der Waals surface area contributed by atoms with Crippen LogP contribution in [0.4, 0.5) is 5.69 Å². The lowest BCUT2D eigenvalue weighted by Gasteiger charge is -2.10. The van der Waals surface area contributed by atoms with Crippen LogP contribution < -0.4 is 25.8 Å². The molecule has 0 atom stereocenters. The molecular formula is C29H27N5O6. The average Bonchev–Trinajstić information content (AvgIpc) is 3.19. The number of carbonyl (C=O) groups excluding carboxylic acids is 3. The van der Waals surface area contributed by atoms with Crippen molar-refractivity contribution in [1.29, 1.82) is 0 Å². The molecule has 0 aliphatic carbocycles. The summed E-state index contributed by atoms with van der Waals surface area (Å²) in [6, 6.07) is 22.0. The zero-order chi connectivity index (χ0) is 28.8. The average molecular weight is 542 g/mol. The third-order valence-electron chi connectivity index (χ3n) is 6.11. The first kappa shape index (κ1) is 27.6. The molecule has 0 radical (unpaired) electrons. The molecule has 0 aliphatic heterocycles. The van der Waals surface area contributed by atoms with Gasteiger partial charge in [0.1, 0.15) is 17.2 Å². The fourth-order valence-electron chi connectivity index (χ4n) is 3.89. The van der Waals surface area contributed by atoms with Crippen LogP contribution in [0.5, 0.6) is 11.5 Å². The summed E-state index contributed by atoms with van der Waals surface area (Å²) in [5.41, 5.74) is 3.72. The lowest BCUT2D eigenvalue weighted by atomic mass is 10.1. The van der Waals surface area contributed by atoms with Crippen molar-refractivity contribution in [3.8, 4) is 17.2 Å². The molecule has 0 saturated heterocycles. The van der Waals surface area contributed by atoms with Gasteiger partial charge in [0.2, 0.25) is 0 Å². The Kier molecular flexibility index (Phi) is 8.24. The zero-order valence-electron chi connectivity index (χ0n) is 22.3. The lowest BCUT2D eigenvalue weighted by molar-refractivity contribution is -0.136. The normalized spacial score (nSPS) is 11.1. The van der Waals surface area contributed by atoms with E-state index in [0.717, 1.165) is 0 Å². The summed E-state index contributed by atoms with van der Waals surface area (Å²) in [5.74, 6) is -2.05. The van der Waals surface area contributed by atoms with Gasteiger partial charge in [-0.15, -0.1) is 0 Å². The number of benzene rings is 3. The minimum absolute atomic E-state index is 0.0259. The maximum Gasteiger partial charge on any atom is 0.343 e. The number of anilines is 1. The number of methoxy groups -OCH3 is 1. The first-order valence-electron chi connectivity index (χ1n) is 12.2. The van der Waals surface area contributed by atoms with Crippen molar-refractivity contribution < 1.29 is 23.9 Å². The van der Waals surface area contributed by atoms with E-state index in [1.165, 1.54) is 11.8 Å². The number of hydrogen-bond acceptors (Lipinski definition) is 7. The molecule has 0 spiro atoms. The number of rotatable bonds is 7. The van der Waals surface area contributed by atoms with Crippen molar-refractivity contribution in [2.75, 3.05) is 12.4 Å². The van der Waals surface area contributed by atoms with E-state index in [1.54, 1.807) is 98.4 Å². The maximum absolute atomic E-state index is 13.0. The number of carbonyl (C=O) groups is 3. The maximum atomic E-state index is 13.0. The van der Waals surface area contributed by atoms with Gasteiger partial charge in [-0.25, -0.2) is 14.9 Å². The molecule has 2 amide bonds. The van der Waals surface area contributed by atoms with Gasteiger partial charge in [0, 0.05) is 12.6 Å². The van der Waals surface area contributed by atoms with E-state index in [1.807, 2.05) is 6.07 Å². The van der Waals surface area contributed by atoms with E-state index in [9.17, 15) is 19.2 Å². The van der Waals surface area contributed by atoms with E-state index < -0.39 is 23.3 Å². The van der Waals surface area contributed by atoms with Crippen LogP contribution in [0, 0.1) is 6.92 Å². The van der Waals surface area contributed by atoms with Gasteiger partial charge >= 0.3 is 17.8 Å². The van der Waals surface area contributed by atoms with Crippen LogP contribution >= 0.6 is 0 Å². The number of para-hydroxylation sites is 2. The van der Waals surface area contributed by atoms with Gasteiger partial charge in [-0.2, -0.15) is 5.10 Å². The smallest absolute Gasteiger partial charge is 0.343 e. The van der Waals surface area contributed by atoms with Gasteiger partial charge in [0.25, 0.3) is 5.56 Å². The van der Waals surface area contributed by atoms with Crippen LogP contribution in [0.3, 0.4) is 0 Å². The minimum atomic E-state index is -1.08. The summed E-state index contributed by atoms with van der Waals surface area (Å²) in [4.78, 5) is 50.8. The van der Waals surface area contributed by atoms with Crippen molar-refractivity contribution in [2.45, 2.75) is 13.8 Å². The van der Waals surface area contributed by atoms with E-state index in [2.05, 4.69) is 15.8 Å². The molecule has 0 fully saturated rings. The van der Waals surface area contributed by atoms with E-state index in [0.29, 0.717) is 22.7 Å². The molecule has 11 heteroatoms. The number of hydrazone groups is 1. The molecular weight excluding hydrogens is 514 g/mol. The van der Waals surface area contributed by atoms with E-state index >= 15 is 0 Å². The zero-order valence-corrected chi connectivity index (χ0v) is 22.3. The molecule has 2 N–H and O–H groups in total. The first-order valence-corrected chi connectivity index (χ1v) is 12.2. The number of aromatic nitrogens is 2. The summed E-state index contributed by atoms with van der Waals surface area (Å²) in [6.07, 6.45) is 0. The van der Waals surface area contributed by atoms with Crippen molar-refractivity contribution in [3.63, 3.8) is 0 Å². The third-order valence-corrected chi connectivity index (χ3v) is 6.11. The van der Waals surface area contributed by atoms with Crippen LogP contribution in [-0.2, 0) is 16.6 Å². The molecule has 3 aromatic carbocycles. The summed E-state index contributed by atoms with van der Waals surface area (Å²) >= 11 is 0. The van der Waals surface area contributed by atoms with E-state index in [4.69, 9.17) is 9.47 Å². The Morgan fingerprint density at radius 2 is 1.60 bits per heavy atom. The Balaban J connectivity index is 1.47. The highest BCUT2D eigenvalue weighted by molar-refractivity contribution is 6.39. The fourth-order valence-corrected chi connectivity index (χ4v) is 3.89. The summed E-state index contributed by atoms with van der Waals surface area (Å²) in [5, 5.41) is 6.38. The highest BCUT2D eigenvalue weighted by Gasteiger charge is 2.22. The second kappa shape index (κ2) is 11.9. The number of ether oxygens (including phenoxy) is 2. The molecule has 0 aliphatic rings. The molecule has 1 aromatic heterocycles. The predicted octanol–water partition coefficient (Wildman–Crippen LogP) is 3.19. The Morgan fingerprint density at radius 3 is 2.33 bits per heavy atom. The highest BCUT2D eigenvalue weighted by Crippen LogP contribution is 2.21. The number of nitrogens with one attached hydrogen (secondary N) is 2. The van der Waals surface area contributed by atoms with Crippen molar-refractivity contribution in [3.05, 3.63) is 106 Å². The van der Waals surface area contributed by atoms with Gasteiger partial charge in [0.15, 0.2) is 0 Å². The summed E-state index contributed by atoms with van der Waals surface area (Å²) in [7, 11) is 3.17. The van der Waals surface area contributed by atoms with E-state index in [-0.39, 0.29) is 22.7 Å². The predicted molar refractivity (Wildman–Crippen MR) is 149 cm³/mol. The number of hydrogen-bond donors (Lipinski definition) is 2.